The molecular weight excluding hydrogens is 288 g/mol. The minimum atomic E-state index is -0.654. The lowest BCUT2D eigenvalue weighted by molar-refractivity contribution is -0.144. The van der Waals surface area contributed by atoms with E-state index in [9.17, 15) is 9.59 Å². The van der Waals surface area contributed by atoms with Crippen LogP contribution in [0.15, 0.2) is 4.79 Å². The summed E-state index contributed by atoms with van der Waals surface area (Å²) in [4.78, 5) is 31.3. The molecule has 112 valence electrons. The Labute approximate surface area is 126 Å². The molecule has 0 fully saturated rings. The van der Waals surface area contributed by atoms with E-state index in [-0.39, 0.29) is 5.56 Å². The van der Waals surface area contributed by atoms with Crippen LogP contribution < -0.4 is 5.56 Å². The van der Waals surface area contributed by atoms with Crippen LogP contribution in [0.1, 0.15) is 42.1 Å². The second kappa shape index (κ2) is 5.26. The zero-order valence-electron chi connectivity index (χ0n) is 12.4. The van der Waals surface area contributed by atoms with Gasteiger partial charge < -0.3 is 4.74 Å². The predicted molar refractivity (Wildman–Crippen MR) is 82.0 cm³/mol. The summed E-state index contributed by atoms with van der Waals surface area (Å²) in [5.74, 6) is 0.134. The molecular formula is C15H18N2O3S. The average Bonchev–Trinajstić information content (AvgIpc) is 2.84. The maximum Gasteiger partial charge on any atom is 0.328 e. The van der Waals surface area contributed by atoms with E-state index in [1.54, 1.807) is 25.2 Å². The van der Waals surface area contributed by atoms with Gasteiger partial charge in [-0.05, 0) is 45.1 Å². The van der Waals surface area contributed by atoms with Gasteiger partial charge in [-0.2, -0.15) is 0 Å². The smallest absolute Gasteiger partial charge is 0.328 e. The first-order valence-electron chi connectivity index (χ1n) is 7.15. The van der Waals surface area contributed by atoms with Crippen molar-refractivity contribution in [2.45, 2.75) is 45.6 Å². The molecule has 2 heterocycles. The van der Waals surface area contributed by atoms with Crippen molar-refractivity contribution in [2.75, 3.05) is 7.11 Å². The second-order valence-corrected chi connectivity index (χ2v) is 6.51. The Balaban J connectivity index is 2.27. The highest BCUT2D eigenvalue weighted by Gasteiger charge is 2.25. The van der Waals surface area contributed by atoms with Crippen LogP contribution in [0, 0.1) is 6.92 Å². The molecule has 5 nitrogen and oxygen atoms in total. The molecule has 0 saturated heterocycles. The number of thiophene rings is 1. The number of rotatable bonds is 2. The van der Waals surface area contributed by atoms with E-state index in [2.05, 4.69) is 4.98 Å². The maximum absolute atomic E-state index is 12.9. The Morgan fingerprint density at radius 3 is 2.81 bits per heavy atom. The van der Waals surface area contributed by atoms with Crippen molar-refractivity contribution < 1.29 is 9.53 Å². The zero-order valence-corrected chi connectivity index (χ0v) is 13.2. The number of aryl methyl sites for hydroxylation is 3. The van der Waals surface area contributed by atoms with Crippen LogP contribution in [-0.4, -0.2) is 22.6 Å². The molecule has 1 atom stereocenters. The van der Waals surface area contributed by atoms with E-state index >= 15 is 0 Å². The van der Waals surface area contributed by atoms with Crippen LogP contribution in [0.25, 0.3) is 10.2 Å². The Morgan fingerprint density at radius 2 is 2.10 bits per heavy atom. The normalized spacial score (nSPS) is 15.8. The molecule has 0 amide bonds. The van der Waals surface area contributed by atoms with E-state index < -0.39 is 12.0 Å². The molecule has 0 aromatic carbocycles. The van der Waals surface area contributed by atoms with Gasteiger partial charge in [-0.15, -0.1) is 11.3 Å². The molecule has 1 unspecified atom stereocenters. The third-order valence-electron chi connectivity index (χ3n) is 4.13. The van der Waals surface area contributed by atoms with Gasteiger partial charge in [0.1, 0.15) is 16.7 Å². The Morgan fingerprint density at radius 1 is 1.38 bits per heavy atom. The van der Waals surface area contributed by atoms with Crippen molar-refractivity contribution in [3.63, 3.8) is 0 Å². The van der Waals surface area contributed by atoms with Crippen LogP contribution >= 0.6 is 11.3 Å². The highest BCUT2D eigenvalue weighted by molar-refractivity contribution is 7.18. The van der Waals surface area contributed by atoms with Crippen LogP contribution in [0.4, 0.5) is 0 Å². The quantitative estimate of drug-likeness (QED) is 0.799. The summed E-state index contributed by atoms with van der Waals surface area (Å²) in [6.45, 7) is 3.44. The summed E-state index contributed by atoms with van der Waals surface area (Å²) in [6, 6.07) is -0.654. The summed E-state index contributed by atoms with van der Waals surface area (Å²) < 4.78 is 6.21. The van der Waals surface area contributed by atoms with Crippen molar-refractivity contribution in [3.8, 4) is 0 Å². The molecule has 6 heteroatoms. The van der Waals surface area contributed by atoms with Gasteiger partial charge in [-0.1, -0.05) is 0 Å². The van der Waals surface area contributed by atoms with Gasteiger partial charge in [-0.3, -0.25) is 9.36 Å². The summed E-state index contributed by atoms with van der Waals surface area (Å²) >= 11 is 1.62. The highest BCUT2D eigenvalue weighted by atomic mass is 32.1. The van der Waals surface area contributed by atoms with E-state index in [1.807, 2.05) is 0 Å². The first-order valence-corrected chi connectivity index (χ1v) is 7.97. The van der Waals surface area contributed by atoms with E-state index in [4.69, 9.17) is 4.74 Å². The van der Waals surface area contributed by atoms with Crippen molar-refractivity contribution in [1.29, 1.82) is 0 Å². The molecule has 0 radical (unpaired) electrons. The second-order valence-electron chi connectivity index (χ2n) is 5.42. The van der Waals surface area contributed by atoms with Crippen LogP contribution in [-0.2, 0) is 22.4 Å². The number of esters is 1. The van der Waals surface area contributed by atoms with Crippen LogP contribution in [0.5, 0.6) is 0 Å². The number of fused-ring (bicyclic) bond motifs is 3. The van der Waals surface area contributed by atoms with Gasteiger partial charge in [0.2, 0.25) is 0 Å². The zero-order chi connectivity index (χ0) is 15.1. The van der Waals surface area contributed by atoms with Crippen LogP contribution in [0.2, 0.25) is 0 Å². The topological polar surface area (TPSA) is 61.2 Å². The van der Waals surface area contributed by atoms with Gasteiger partial charge in [0.15, 0.2) is 0 Å². The molecule has 0 saturated carbocycles. The number of hydrogen-bond donors (Lipinski definition) is 0. The lowest BCUT2D eigenvalue weighted by Crippen LogP contribution is -2.31. The first-order chi connectivity index (χ1) is 10.0. The monoisotopic (exact) mass is 306 g/mol. The van der Waals surface area contributed by atoms with Gasteiger partial charge in [0.25, 0.3) is 5.56 Å². The number of aromatic nitrogens is 2. The standard InChI is InChI=1S/C15H18N2O3S/c1-8(15(19)20-3)17-9(2)16-13-12(14(17)18)10-6-4-5-7-11(10)21-13/h8H,4-7H2,1-3H3. The Hall–Kier alpha value is -1.69. The van der Waals surface area contributed by atoms with Crippen molar-refractivity contribution in [3.05, 3.63) is 26.6 Å². The molecule has 2 aromatic heterocycles. The summed E-state index contributed by atoms with van der Waals surface area (Å²) in [6.07, 6.45) is 4.24. The Kier molecular flexibility index (Phi) is 3.57. The number of nitrogens with zero attached hydrogens (tertiary/aromatic N) is 2. The van der Waals surface area contributed by atoms with Crippen molar-refractivity contribution >= 4 is 27.5 Å². The minimum absolute atomic E-state index is 0.116. The molecule has 1 aliphatic rings. The average molecular weight is 306 g/mol. The van der Waals surface area contributed by atoms with E-state index in [0.717, 1.165) is 29.7 Å². The first kappa shape index (κ1) is 14.3. The number of carbonyl (C=O) groups excluding carboxylic acids is 1. The van der Waals surface area contributed by atoms with Gasteiger partial charge in [0.05, 0.1) is 12.5 Å². The summed E-state index contributed by atoms with van der Waals surface area (Å²) in [5, 5.41) is 0.705. The molecule has 21 heavy (non-hydrogen) atoms. The van der Waals surface area contributed by atoms with Crippen LogP contribution in [0.3, 0.4) is 0 Å². The van der Waals surface area contributed by atoms with Gasteiger partial charge in [0, 0.05) is 4.88 Å². The fraction of sp³-hybridized carbons (Fsp3) is 0.533. The van der Waals surface area contributed by atoms with Crippen molar-refractivity contribution in [1.82, 2.24) is 9.55 Å². The predicted octanol–water partition coefficient (Wildman–Crippen LogP) is 2.38. The molecule has 1 aliphatic carbocycles. The third kappa shape index (κ3) is 2.18. The van der Waals surface area contributed by atoms with E-state index in [1.165, 1.54) is 23.0 Å². The number of ether oxygens (including phenoxy) is 1. The van der Waals surface area contributed by atoms with Crippen molar-refractivity contribution in [2.24, 2.45) is 0 Å². The van der Waals surface area contributed by atoms with E-state index in [0.29, 0.717) is 11.2 Å². The number of methoxy groups -OCH3 is 1. The molecule has 0 N–H and O–H groups in total. The molecule has 0 aliphatic heterocycles. The number of hydrogen-bond acceptors (Lipinski definition) is 5. The molecule has 2 aromatic rings. The van der Waals surface area contributed by atoms with Gasteiger partial charge in [-0.25, -0.2) is 9.78 Å². The Bertz CT molecular complexity index is 775. The van der Waals surface area contributed by atoms with Gasteiger partial charge >= 0.3 is 5.97 Å². The highest BCUT2D eigenvalue weighted by Crippen LogP contribution is 2.34. The number of carbonyl (C=O) groups is 1. The largest absolute Gasteiger partial charge is 0.467 e. The third-order valence-corrected chi connectivity index (χ3v) is 5.31. The fourth-order valence-corrected chi connectivity index (χ4v) is 4.35. The molecule has 0 spiro atoms. The lowest BCUT2D eigenvalue weighted by Gasteiger charge is -2.16. The lowest BCUT2D eigenvalue weighted by atomic mass is 9.97. The SMILES string of the molecule is COC(=O)C(C)n1c(C)nc2sc3c(c2c1=O)CCCC3. The maximum atomic E-state index is 12.9. The molecule has 3 rings (SSSR count). The molecule has 0 bridgehead atoms. The summed E-state index contributed by atoms with van der Waals surface area (Å²) in [7, 11) is 1.33. The minimum Gasteiger partial charge on any atom is -0.467 e. The fourth-order valence-electron chi connectivity index (χ4n) is 3.05. The summed E-state index contributed by atoms with van der Waals surface area (Å²) in [5.41, 5.74) is 1.03.